The fourth-order valence-corrected chi connectivity index (χ4v) is 0.673. The van der Waals surface area contributed by atoms with Crippen molar-refractivity contribution in [2.45, 2.75) is 0 Å². The summed E-state index contributed by atoms with van der Waals surface area (Å²) in [5, 5.41) is 0.403. The summed E-state index contributed by atoms with van der Waals surface area (Å²) in [4.78, 5) is 10.4. The molecule has 0 bridgehead atoms. The summed E-state index contributed by atoms with van der Waals surface area (Å²) in [5.41, 5.74) is 5.07. The predicted octanol–water partition coefficient (Wildman–Crippen LogP) is 0.112. The molecular formula is C6H7FN2O. The van der Waals surface area contributed by atoms with Crippen LogP contribution in [0.4, 0.5) is 4.48 Å². The number of halogens is 1. The van der Waals surface area contributed by atoms with E-state index in [-0.39, 0.29) is 12.1 Å². The van der Waals surface area contributed by atoms with Crippen molar-refractivity contribution in [2.24, 2.45) is 5.73 Å². The minimum Gasteiger partial charge on any atom is -0.366 e. The number of amides is 1. The average Bonchev–Trinajstić information content (AvgIpc) is 1.88. The van der Waals surface area contributed by atoms with Gasteiger partial charge in [0.25, 0.3) is 0 Å². The molecule has 0 radical (unpaired) electrons. The minimum atomic E-state index is -0.612. The maximum atomic E-state index is 12.3. The van der Waals surface area contributed by atoms with Crippen molar-refractivity contribution in [3.8, 4) is 0 Å². The largest absolute Gasteiger partial charge is 0.366 e. The second-order valence-electron chi connectivity index (χ2n) is 1.93. The van der Waals surface area contributed by atoms with Crippen LogP contribution < -0.4 is 5.73 Å². The lowest BCUT2D eigenvalue weighted by Gasteiger charge is -2.10. The van der Waals surface area contributed by atoms with E-state index >= 15 is 0 Å². The molecule has 2 N–H and O–H groups in total. The number of carbonyl (C=O) groups excluding carboxylic acids is 1. The fourth-order valence-electron chi connectivity index (χ4n) is 0.673. The molecule has 0 atom stereocenters. The third kappa shape index (κ3) is 1.34. The first-order chi connectivity index (χ1) is 4.70. The molecule has 1 aliphatic rings. The Kier molecular flexibility index (Phi) is 1.71. The van der Waals surface area contributed by atoms with E-state index in [0.717, 1.165) is 6.20 Å². The lowest BCUT2D eigenvalue weighted by atomic mass is 10.2. The first kappa shape index (κ1) is 6.80. The lowest BCUT2D eigenvalue weighted by Crippen LogP contribution is -2.18. The van der Waals surface area contributed by atoms with Crippen LogP contribution >= 0.6 is 0 Å². The zero-order valence-electron chi connectivity index (χ0n) is 5.25. The zero-order valence-corrected chi connectivity index (χ0v) is 5.25. The van der Waals surface area contributed by atoms with Crippen molar-refractivity contribution in [3.63, 3.8) is 0 Å². The van der Waals surface area contributed by atoms with Crippen LogP contribution in [0.25, 0.3) is 0 Å². The van der Waals surface area contributed by atoms with Crippen LogP contribution in [0.2, 0.25) is 0 Å². The zero-order chi connectivity index (χ0) is 7.56. The topological polar surface area (TPSA) is 46.3 Å². The van der Waals surface area contributed by atoms with Crippen molar-refractivity contribution in [3.05, 3.63) is 23.9 Å². The van der Waals surface area contributed by atoms with E-state index in [0.29, 0.717) is 5.12 Å². The van der Waals surface area contributed by atoms with Crippen molar-refractivity contribution < 1.29 is 9.28 Å². The molecule has 0 spiro atoms. The van der Waals surface area contributed by atoms with Gasteiger partial charge >= 0.3 is 0 Å². The average molecular weight is 142 g/mol. The highest BCUT2D eigenvalue weighted by atomic mass is 19.2. The Bertz CT molecular complexity index is 210. The van der Waals surface area contributed by atoms with Crippen LogP contribution in [0.3, 0.4) is 0 Å². The molecule has 4 heteroatoms. The van der Waals surface area contributed by atoms with Crippen LogP contribution in [0.5, 0.6) is 0 Å². The number of nitrogens with zero attached hydrogens (tertiary/aromatic N) is 1. The summed E-state index contributed by atoms with van der Waals surface area (Å²) >= 11 is 0. The second-order valence-corrected chi connectivity index (χ2v) is 1.93. The number of rotatable bonds is 1. The van der Waals surface area contributed by atoms with Gasteiger partial charge in [-0.15, -0.1) is 4.48 Å². The molecular weight excluding hydrogens is 135 g/mol. The number of hydrogen-bond donors (Lipinski definition) is 1. The molecule has 3 nitrogen and oxygen atoms in total. The molecule has 0 aliphatic carbocycles. The van der Waals surface area contributed by atoms with Gasteiger partial charge in [-0.3, -0.25) is 4.79 Å². The number of primary amides is 1. The predicted molar refractivity (Wildman–Crippen MR) is 34.2 cm³/mol. The SMILES string of the molecule is NC(=O)C1=CN(F)CC=C1. The van der Waals surface area contributed by atoms with Crippen molar-refractivity contribution in [2.75, 3.05) is 6.54 Å². The molecule has 0 saturated heterocycles. The lowest BCUT2D eigenvalue weighted by molar-refractivity contribution is -0.114. The summed E-state index contributed by atoms with van der Waals surface area (Å²) in [5.74, 6) is -0.612. The van der Waals surface area contributed by atoms with E-state index in [9.17, 15) is 9.28 Å². The van der Waals surface area contributed by atoms with Crippen LogP contribution in [0.15, 0.2) is 23.9 Å². The summed E-state index contributed by atoms with van der Waals surface area (Å²) in [6.07, 6.45) is 4.10. The van der Waals surface area contributed by atoms with Gasteiger partial charge in [0.2, 0.25) is 5.91 Å². The van der Waals surface area contributed by atoms with Gasteiger partial charge in [-0.05, 0) is 0 Å². The number of hydrogen-bond acceptors (Lipinski definition) is 2. The highest BCUT2D eigenvalue weighted by Crippen LogP contribution is 2.06. The molecule has 0 aromatic carbocycles. The smallest absolute Gasteiger partial charge is 0.250 e. The molecule has 0 unspecified atom stereocenters. The molecule has 0 fully saturated rings. The van der Waals surface area contributed by atoms with Gasteiger partial charge in [0.05, 0.1) is 12.1 Å². The van der Waals surface area contributed by atoms with E-state index < -0.39 is 5.91 Å². The molecule has 0 saturated carbocycles. The second kappa shape index (κ2) is 2.51. The molecule has 1 aliphatic heterocycles. The van der Waals surface area contributed by atoms with Crippen molar-refractivity contribution in [1.29, 1.82) is 0 Å². The quantitative estimate of drug-likeness (QED) is 0.528. The van der Waals surface area contributed by atoms with E-state index in [1.54, 1.807) is 0 Å². The van der Waals surface area contributed by atoms with Gasteiger partial charge in [0, 0.05) is 6.20 Å². The van der Waals surface area contributed by atoms with Gasteiger partial charge in [-0.2, -0.15) is 0 Å². The molecule has 0 aromatic heterocycles. The van der Waals surface area contributed by atoms with Gasteiger partial charge in [0.1, 0.15) is 0 Å². The highest BCUT2D eigenvalue weighted by molar-refractivity contribution is 5.94. The van der Waals surface area contributed by atoms with E-state index in [2.05, 4.69) is 0 Å². The summed E-state index contributed by atoms with van der Waals surface area (Å²) < 4.78 is 12.3. The highest BCUT2D eigenvalue weighted by Gasteiger charge is 2.07. The molecule has 10 heavy (non-hydrogen) atoms. The Hall–Kier alpha value is -1.32. The van der Waals surface area contributed by atoms with E-state index in [1.807, 2.05) is 0 Å². The first-order valence-corrected chi connectivity index (χ1v) is 2.81. The van der Waals surface area contributed by atoms with Crippen LogP contribution in [0.1, 0.15) is 0 Å². The van der Waals surface area contributed by atoms with E-state index in [1.165, 1.54) is 12.2 Å². The maximum Gasteiger partial charge on any atom is 0.250 e. The number of nitrogens with two attached hydrogens (primary N) is 1. The Morgan fingerprint density at radius 1 is 1.80 bits per heavy atom. The summed E-state index contributed by atoms with van der Waals surface area (Å²) in [7, 11) is 0. The molecule has 1 heterocycles. The van der Waals surface area contributed by atoms with Crippen LogP contribution in [-0.2, 0) is 4.79 Å². The molecule has 54 valence electrons. The van der Waals surface area contributed by atoms with Crippen LogP contribution in [0, 0.1) is 0 Å². The first-order valence-electron chi connectivity index (χ1n) is 2.81. The van der Waals surface area contributed by atoms with Gasteiger partial charge in [-0.1, -0.05) is 12.2 Å². The molecule has 0 aromatic rings. The normalized spacial score (nSPS) is 16.9. The minimum absolute atomic E-state index is 0.177. The Morgan fingerprint density at radius 2 is 2.50 bits per heavy atom. The standard InChI is InChI=1S/C6H7FN2O/c7-9-3-1-2-5(4-9)6(8)10/h1-2,4H,3H2,(H2,8,10). The van der Waals surface area contributed by atoms with E-state index in [4.69, 9.17) is 5.73 Å². The monoisotopic (exact) mass is 142 g/mol. The fraction of sp³-hybridized carbons (Fsp3) is 0.167. The molecule has 1 rings (SSSR count). The summed E-state index contributed by atoms with van der Waals surface area (Å²) in [6.45, 7) is 0.177. The third-order valence-corrected chi connectivity index (χ3v) is 1.14. The van der Waals surface area contributed by atoms with Gasteiger partial charge in [-0.25, -0.2) is 5.12 Å². The Balaban J connectivity index is 2.76. The van der Waals surface area contributed by atoms with Crippen LogP contribution in [-0.4, -0.2) is 17.6 Å². The third-order valence-electron chi connectivity index (χ3n) is 1.14. The van der Waals surface area contributed by atoms with Gasteiger partial charge in [0.15, 0.2) is 0 Å². The number of carbonyl (C=O) groups is 1. The van der Waals surface area contributed by atoms with Crippen molar-refractivity contribution in [1.82, 2.24) is 5.12 Å². The molecule has 1 amide bonds. The maximum absolute atomic E-state index is 12.3. The Morgan fingerprint density at radius 3 is 2.90 bits per heavy atom. The Labute approximate surface area is 57.5 Å². The van der Waals surface area contributed by atoms with Crippen molar-refractivity contribution >= 4 is 5.91 Å². The van der Waals surface area contributed by atoms with Gasteiger partial charge < -0.3 is 5.73 Å². The summed E-state index contributed by atoms with van der Waals surface area (Å²) in [6, 6.07) is 0.